The van der Waals surface area contributed by atoms with E-state index in [9.17, 15) is 4.79 Å². The van der Waals surface area contributed by atoms with E-state index in [2.05, 4.69) is 27.7 Å². The topological polar surface area (TPSA) is 17.1 Å². The summed E-state index contributed by atoms with van der Waals surface area (Å²) in [6, 6.07) is 0. The van der Waals surface area contributed by atoms with Crippen LogP contribution in [0.1, 0.15) is 72.6 Å². The fourth-order valence-electron chi connectivity index (χ4n) is 2.52. The lowest BCUT2D eigenvalue weighted by Crippen LogP contribution is -2.04. The highest BCUT2D eigenvalue weighted by Gasteiger charge is 2.09. The van der Waals surface area contributed by atoms with Gasteiger partial charge in [-0.25, -0.2) is 0 Å². The molecule has 0 rings (SSSR count). The minimum Gasteiger partial charge on any atom is -0.303 e. The van der Waals surface area contributed by atoms with Crippen molar-refractivity contribution in [1.29, 1.82) is 0 Å². The molecule has 2 unspecified atom stereocenters. The van der Waals surface area contributed by atoms with Crippen LogP contribution in [-0.2, 0) is 4.79 Å². The molecule has 16 heavy (non-hydrogen) atoms. The van der Waals surface area contributed by atoms with Gasteiger partial charge in [0.05, 0.1) is 0 Å². The molecule has 96 valence electrons. The van der Waals surface area contributed by atoms with Gasteiger partial charge in [0, 0.05) is 6.42 Å². The fourth-order valence-corrected chi connectivity index (χ4v) is 2.52. The normalized spacial score (nSPS) is 16.8. The van der Waals surface area contributed by atoms with Crippen molar-refractivity contribution in [3.8, 4) is 0 Å². The highest BCUT2D eigenvalue weighted by molar-refractivity contribution is 5.49. The van der Waals surface area contributed by atoms with Crippen LogP contribution >= 0.6 is 0 Å². The maximum atomic E-state index is 10.4. The predicted octanol–water partition coefficient (Wildman–Crippen LogP) is 4.84. The van der Waals surface area contributed by atoms with Crippen LogP contribution in [0.5, 0.6) is 0 Å². The molecule has 0 aromatic rings. The van der Waals surface area contributed by atoms with E-state index in [0.717, 1.165) is 24.5 Å². The summed E-state index contributed by atoms with van der Waals surface area (Å²) in [6.45, 7) is 9.14. The van der Waals surface area contributed by atoms with E-state index in [1.54, 1.807) is 0 Å². The van der Waals surface area contributed by atoms with Crippen molar-refractivity contribution in [2.45, 2.75) is 72.6 Å². The quantitative estimate of drug-likeness (QED) is 0.487. The maximum absolute atomic E-state index is 10.4. The Morgan fingerprint density at radius 2 is 1.56 bits per heavy atom. The molecule has 0 N–H and O–H groups in total. The molecular formula is C15H30O. The van der Waals surface area contributed by atoms with Crippen LogP contribution < -0.4 is 0 Å². The summed E-state index contributed by atoms with van der Waals surface area (Å²) in [5.41, 5.74) is 0. The lowest BCUT2D eigenvalue weighted by Gasteiger charge is -2.16. The van der Waals surface area contributed by atoms with Crippen molar-refractivity contribution < 1.29 is 4.79 Å². The third-order valence-corrected chi connectivity index (χ3v) is 3.48. The van der Waals surface area contributed by atoms with Gasteiger partial charge in [-0.3, -0.25) is 0 Å². The Labute approximate surface area is 102 Å². The zero-order valence-corrected chi connectivity index (χ0v) is 11.7. The van der Waals surface area contributed by atoms with Crippen molar-refractivity contribution in [2.24, 2.45) is 17.8 Å². The molecule has 1 nitrogen and oxygen atoms in total. The van der Waals surface area contributed by atoms with Gasteiger partial charge in [-0.1, -0.05) is 59.8 Å². The Bertz CT molecular complexity index is 165. The molecule has 0 fully saturated rings. The molecule has 0 radical (unpaired) electrons. The highest BCUT2D eigenvalue weighted by atomic mass is 16.1. The van der Waals surface area contributed by atoms with Gasteiger partial charge in [-0.2, -0.15) is 0 Å². The first-order valence-electron chi connectivity index (χ1n) is 7.03. The van der Waals surface area contributed by atoms with E-state index in [0.29, 0.717) is 5.92 Å². The number of aldehydes is 1. The number of carbonyl (C=O) groups is 1. The van der Waals surface area contributed by atoms with Crippen molar-refractivity contribution in [2.75, 3.05) is 0 Å². The van der Waals surface area contributed by atoms with Crippen LogP contribution in [0.25, 0.3) is 0 Å². The summed E-state index contributed by atoms with van der Waals surface area (Å²) in [7, 11) is 0. The molecule has 1 heteroatoms. The van der Waals surface area contributed by atoms with E-state index in [1.165, 1.54) is 38.5 Å². The lowest BCUT2D eigenvalue weighted by atomic mass is 9.89. The number of hydrogen-bond acceptors (Lipinski definition) is 1. The number of rotatable bonds is 10. The monoisotopic (exact) mass is 226 g/mol. The van der Waals surface area contributed by atoms with E-state index < -0.39 is 0 Å². The van der Waals surface area contributed by atoms with Gasteiger partial charge in [-0.05, 0) is 24.2 Å². The zero-order chi connectivity index (χ0) is 12.4. The largest absolute Gasteiger partial charge is 0.303 e. The van der Waals surface area contributed by atoms with E-state index in [1.807, 2.05) is 0 Å². The van der Waals surface area contributed by atoms with Crippen molar-refractivity contribution >= 4 is 6.29 Å². The second-order valence-corrected chi connectivity index (χ2v) is 5.67. The summed E-state index contributed by atoms with van der Waals surface area (Å²) in [5, 5.41) is 0. The molecular weight excluding hydrogens is 196 g/mol. The van der Waals surface area contributed by atoms with Crippen molar-refractivity contribution in [1.82, 2.24) is 0 Å². The second kappa shape index (κ2) is 9.86. The zero-order valence-electron chi connectivity index (χ0n) is 11.7. The smallest absolute Gasteiger partial charge is 0.120 e. The molecule has 0 aliphatic rings. The standard InChI is InChI=1S/C15H30O/c1-5-7-13(2)8-6-9-14(3)12-15(4)10-11-16/h11,13-15H,5-10,12H2,1-4H3/t13-,14?,15?/m0/s1. The molecule has 0 aromatic heterocycles. The molecule has 0 aromatic carbocycles. The molecule has 0 heterocycles. The Kier molecular flexibility index (Phi) is 9.66. The van der Waals surface area contributed by atoms with Crippen LogP contribution in [0.2, 0.25) is 0 Å². The third kappa shape index (κ3) is 8.94. The molecule has 0 amide bonds. The third-order valence-electron chi connectivity index (χ3n) is 3.48. The highest BCUT2D eigenvalue weighted by Crippen LogP contribution is 2.21. The first kappa shape index (κ1) is 15.7. The Balaban J connectivity index is 3.49. The molecule has 0 aliphatic carbocycles. The molecule has 0 saturated heterocycles. The molecule has 0 aliphatic heterocycles. The van der Waals surface area contributed by atoms with Crippen LogP contribution in [0, 0.1) is 17.8 Å². The first-order chi connectivity index (χ1) is 7.60. The lowest BCUT2D eigenvalue weighted by molar-refractivity contribution is -0.108. The van der Waals surface area contributed by atoms with Gasteiger partial charge in [0.15, 0.2) is 0 Å². The van der Waals surface area contributed by atoms with E-state index >= 15 is 0 Å². The summed E-state index contributed by atoms with van der Waals surface area (Å²) >= 11 is 0. The fraction of sp³-hybridized carbons (Fsp3) is 0.933. The maximum Gasteiger partial charge on any atom is 0.120 e. The summed E-state index contributed by atoms with van der Waals surface area (Å²) in [6.07, 6.45) is 9.74. The van der Waals surface area contributed by atoms with Gasteiger partial charge < -0.3 is 4.79 Å². The average molecular weight is 226 g/mol. The number of hydrogen-bond donors (Lipinski definition) is 0. The first-order valence-corrected chi connectivity index (χ1v) is 7.03. The van der Waals surface area contributed by atoms with Gasteiger partial charge in [-0.15, -0.1) is 0 Å². The predicted molar refractivity (Wildman–Crippen MR) is 71.5 cm³/mol. The van der Waals surface area contributed by atoms with Crippen molar-refractivity contribution in [3.63, 3.8) is 0 Å². The van der Waals surface area contributed by atoms with Gasteiger partial charge in [0.2, 0.25) is 0 Å². The molecule has 3 atom stereocenters. The van der Waals surface area contributed by atoms with Crippen LogP contribution in [0.15, 0.2) is 0 Å². The van der Waals surface area contributed by atoms with Crippen molar-refractivity contribution in [3.05, 3.63) is 0 Å². The van der Waals surface area contributed by atoms with Gasteiger partial charge in [0.25, 0.3) is 0 Å². The molecule has 0 spiro atoms. The summed E-state index contributed by atoms with van der Waals surface area (Å²) in [4.78, 5) is 10.4. The van der Waals surface area contributed by atoms with E-state index in [4.69, 9.17) is 0 Å². The second-order valence-electron chi connectivity index (χ2n) is 5.67. The Morgan fingerprint density at radius 1 is 0.938 bits per heavy atom. The summed E-state index contributed by atoms with van der Waals surface area (Å²) in [5.74, 6) is 2.24. The minimum atomic E-state index is 0.570. The minimum absolute atomic E-state index is 0.570. The average Bonchev–Trinajstić information content (AvgIpc) is 2.18. The van der Waals surface area contributed by atoms with E-state index in [-0.39, 0.29) is 0 Å². The number of carbonyl (C=O) groups excluding carboxylic acids is 1. The van der Waals surface area contributed by atoms with Crippen LogP contribution in [-0.4, -0.2) is 6.29 Å². The SMILES string of the molecule is CCC[C@H](C)CCCC(C)CC(C)CC=O. The Hall–Kier alpha value is -0.330. The molecule has 0 bridgehead atoms. The summed E-state index contributed by atoms with van der Waals surface area (Å²) < 4.78 is 0. The van der Waals surface area contributed by atoms with Crippen LogP contribution in [0.3, 0.4) is 0 Å². The van der Waals surface area contributed by atoms with Gasteiger partial charge >= 0.3 is 0 Å². The van der Waals surface area contributed by atoms with Gasteiger partial charge in [0.1, 0.15) is 6.29 Å². The van der Waals surface area contributed by atoms with Crippen LogP contribution in [0.4, 0.5) is 0 Å². The molecule has 0 saturated carbocycles. The Morgan fingerprint density at radius 3 is 2.12 bits per heavy atom.